The summed E-state index contributed by atoms with van der Waals surface area (Å²) < 4.78 is 16.1. The molecule has 0 saturated carbocycles. The molecule has 4 nitrogen and oxygen atoms in total. The maximum Gasteiger partial charge on any atom is 0.164 e. The van der Waals surface area contributed by atoms with E-state index in [0.717, 1.165) is 0 Å². The van der Waals surface area contributed by atoms with Crippen molar-refractivity contribution >= 4 is 0 Å². The van der Waals surface area contributed by atoms with Gasteiger partial charge in [-0.1, -0.05) is 0 Å². The molecule has 1 fully saturated rings. The molecule has 2 rings (SSSR count). The molecule has 1 N–H and O–H groups in total. The molecule has 2 aliphatic rings. The van der Waals surface area contributed by atoms with Crippen molar-refractivity contribution in [2.24, 2.45) is 0 Å². The maximum atomic E-state index is 9.62. The molecule has 0 aromatic rings. The van der Waals surface area contributed by atoms with Crippen molar-refractivity contribution in [2.45, 2.75) is 37.9 Å². The third-order valence-corrected chi connectivity index (χ3v) is 2.17. The lowest BCUT2D eigenvalue weighted by molar-refractivity contribution is -0.157. The molecule has 0 aliphatic carbocycles. The molecular weight excluding hydrogens is 172 g/mol. The Balaban J connectivity index is 2.16. The zero-order valence-electron chi connectivity index (χ0n) is 7.77. The van der Waals surface area contributed by atoms with E-state index in [1.54, 1.807) is 12.3 Å². The predicted molar refractivity (Wildman–Crippen MR) is 44.9 cm³/mol. The second-order valence-electron chi connectivity index (χ2n) is 3.79. The molecule has 0 bridgehead atoms. The van der Waals surface area contributed by atoms with Crippen LogP contribution < -0.4 is 0 Å². The first-order valence-electron chi connectivity index (χ1n) is 4.40. The highest BCUT2D eigenvalue weighted by Crippen LogP contribution is 2.31. The number of rotatable bonds is 0. The normalized spacial score (nSPS) is 42.2. The van der Waals surface area contributed by atoms with Gasteiger partial charge in [-0.05, 0) is 19.9 Å². The SMILES string of the molecule is CC1(C)O[C@@H]2[C@H](O)COC=C[C@@H]2O1. The molecule has 0 spiro atoms. The summed E-state index contributed by atoms with van der Waals surface area (Å²) in [6.45, 7) is 3.93. The van der Waals surface area contributed by atoms with Gasteiger partial charge in [0, 0.05) is 0 Å². The average Bonchev–Trinajstić information content (AvgIpc) is 2.26. The fraction of sp³-hybridized carbons (Fsp3) is 0.778. The van der Waals surface area contributed by atoms with Gasteiger partial charge in [-0.15, -0.1) is 0 Å². The lowest BCUT2D eigenvalue weighted by Crippen LogP contribution is -2.36. The summed E-state index contributed by atoms with van der Waals surface area (Å²) in [5, 5.41) is 9.62. The molecule has 0 radical (unpaired) electrons. The molecular formula is C9H14O4. The number of fused-ring (bicyclic) bond motifs is 1. The Hall–Kier alpha value is -0.580. The van der Waals surface area contributed by atoms with E-state index >= 15 is 0 Å². The average molecular weight is 186 g/mol. The molecule has 2 aliphatic heterocycles. The maximum absolute atomic E-state index is 9.62. The summed E-state index contributed by atoms with van der Waals surface area (Å²) >= 11 is 0. The Labute approximate surface area is 77.1 Å². The monoisotopic (exact) mass is 186 g/mol. The highest BCUT2D eigenvalue weighted by atomic mass is 16.8. The van der Waals surface area contributed by atoms with Crippen molar-refractivity contribution in [2.75, 3.05) is 6.61 Å². The predicted octanol–water partition coefficient (Wildman–Crippen LogP) is 0.411. The molecule has 0 aromatic carbocycles. The van der Waals surface area contributed by atoms with Crippen LogP contribution >= 0.6 is 0 Å². The lowest BCUT2D eigenvalue weighted by atomic mass is 10.1. The summed E-state index contributed by atoms with van der Waals surface area (Å²) in [7, 11) is 0. The fourth-order valence-corrected chi connectivity index (χ4v) is 1.65. The Morgan fingerprint density at radius 2 is 2.15 bits per heavy atom. The second kappa shape index (κ2) is 2.97. The number of hydrogen-bond donors (Lipinski definition) is 1. The van der Waals surface area contributed by atoms with Crippen LogP contribution in [0.1, 0.15) is 13.8 Å². The highest BCUT2D eigenvalue weighted by molar-refractivity contribution is 5.00. The Morgan fingerprint density at radius 3 is 2.92 bits per heavy atom. The van der Waals surface area contributed by atoms with Gasteiger partial charge in [-0.3, -0.25) is 0 Å². The zero-order chi connectivity index (χ0) is 9.47. The van der Waals surface area contributed by atoms with Crippen molar-refractivity contribution in [3.8, 4) is 0 Å². The summed E-state index contributed by atoms with van der Waals surface area (Å²) in [4.78, 5) is 0. The van der Waals surface area contributed by atoms with Gasteiger partial charge in [0.1, 0.15) is 24.9 Å². The third kappa shape index (κ3) is 1.70. The highest BCUT2D eigenvalue weighted by Gasteiger charge is 2.44. The van der Waals surface area contributed by atoms with Gasteiger partial charge in [0.05, 0.1) is 6.26 Å². The first kappa shape index (κ1) is 8.99. The van der Waals surface area contributed by atoms with Crippen LogP contribution in [0.25, 0.3) is 0 Å². The number of aliphatic hydroxyl groups is 1. The summed E-state index contributed by atoms with van der Waals surface area (Å²) in [5.74, 6) is -0.613. The van der Waals surface area contributed by atoms with Crippen LogP contribution in [-0.4, -0.2) is 35.8 Å². The Bertz CT molecular complexity index is 224. The molecule has 1 saturated heterocycles. The summed E-state index contributed by atoms with van der Waals surface area (Å²) in [6, 6.07) is 0. The third-order valence-electron chi connectivity index (χ3n) is 2.17. The quantitative estimate of drug-likeness (QED) is 0.595. The molecule has 4 heteroatoms. The van der Waals surface area contributed by atoms with Gasteiger partial charge in [-0.25, -0.2) is 0 Å². The van der Waals surface area contributed by atoms with Crippen molar-refractivity contribution < 1.29 is 19.3 Å². The van der Waals surface area contributed by atoms with Crippen molar-refractivity contribution in [1.82, 2.24) is 0 Å². The van der Waals surface area contributed by atoms with Crippen LogP contribution in [0.3, 0.4) is 0 Å². The van der Waals surface area contributed by atoms with Crippen LogP contribution in [0, 0.1) is 0 Å². The van der Waals surface area contributed by atoms with Crippen molar-refractivity contribution in [1.29, 1.82) is 0 Å². The van der Waals surface area contributed by atoms with Gasteiger partial charge in [0.2, 0.25) is 0 Å². The van der Waals surface area contributed by atoms with Crippen molar-refractivity contribution in [3.05, 3.63) is 12.3 Å². The van der Waals surface area contributed by atoms with E-state index in [9.17, 15) is 5.11 Å². The van der Waals surface area contributed by atoms with E-state index in [1.165, 1.54) is 0 Å². The first-order valence-corrected chi connectivity index (χ1v) is 4.40. The van der Waals surface area contributed by atoms with Crippen LogP contribution in [0.2, 0.25) is 0 Å². The molecule has 0 amide bonds. The standard InChI is InChI=1S/C9H14O4/c1-9(2)12-7-3-4-11-5-6(10)8(7)13-9/h3-4,6-8,10H,5H2,1-2H3/t6-,7+,8-/m1/s1. The van der Waals surface area contributed by atoms with E-state index in [4.69, 9.17) is 14.2 Å². The van der Waals surface area contributed by atoms with Gasteiger partial charge < -0.3 is 19.3 Å². The molecule has 74 valence electrons. The number of hydrogen-bond acceptors (Lipinski definition) is 4. The molecule has 0 unspecified atom stereocenters. The van der Waals surface area contributed by atoms with E-state index in [2.05, 4.69) is 0 Å². The van der Waals surface area contributed by atoms with E-state index < -0.39 is 11.9 Å². The minimum Gasteiger partial charge on any atom is -0.499 e. The second-order valence-corrected chi connectivity index (χ2v) is 3.79. The minimum absolute atomic E-state index is 0.201. The van der Waals surface area contributed by atoms with E-state index in [-0.39, 0.29) is 18.8 Å². The van der Waals surface area contributed by atoms with Crippen LogP contribution in [0.15, 0.2) is 12.3 Å². The topological polar surface area (TPSA) is 47.9 Å². The van der Waals surface area contributed by atoms with Crippen LogP contribution in [0.4, 0.5) is 0 Å². The summed E-state index contributed by atoms with van der Waals surface area (Å²) in [5.41, 5.74) is 0. The fourth-order valence-electron chi connectivity index (χ4n) is 1.65. The molecule has 0 aromatic heterocycles. The smallest absolute Gasteiger partial charge is 0.164 e. The van der Waals surface area contributed by atoms with Crippen LogP contribution in [0.5, 0.6) is 0 Å². The van der Waals surface area contributed by atoms with Crippen molar-refractivity contribution in [3.63, 3.8) is 0 Å². The minimum atomic E-state index is -0.623. The number of aliphatic hydroxyl groups excluding tert-OH is 1. The van der Waals surface area contributed by atoms with Gasteiger partial charge in [0.15, 0.2) is 5.79 Å². The molecule has 3 atom stereocenters. The Kier molecular flexibility index (Phi) is 2.06. The largest absolute Gasteiger partial charge is 0.499 e. The Morgan fingerprint density at radius 1 is 1.38 bits per heavy atom. The molecule has 13 heavy (non-hydrogen) atoms. The summed E-state index contributed by atoms with van der Waals surface area (Å²) in [6.07, 6.45) is 2.19. The zero-order valence-corrected chi connectivity index (χ0v) is 7.77. The van der Waals surface area contributed by atoms with Gasteiger partial charge >= 0.3 is 0 Å². The molecule has 2 heterocycles. The van der Waals surface area contributed by atoms with Crippen LogP contribution in [-0.2, 0) is 14.2 Å². The van der Waals surface area contributed by atoms with E-state index in [0.29, 0.717) is 0 Å². The van der Waals surface area contributed by atoms with Gasteiger partial charge in [-0.2, -0.15) is 0 Å². The first-order chi connectivity index (χ1) is 6.08. The van der Waals surface area contributed by atoms with Gasteiger partial charge in [0.25, 0.3) is 0 Å². The number of ether oxygens (including phenoxy) is 3. The lowest BCUT2D eigenvalue weighted by Gasteiger charge is -2.19. The van der Waals surface area contributed by atoms with E-state index in [1.807, 2.05) is 13.8 Å².